The fourth-order valence-electron chi connectivity index (χ4n) is 3.83. The summed E-state index contributed by atoms with van der Waals surface area (Å²) in [5.41, 5.74) is 2.14. The standard InChI is InChI=1S/C23H28N6O/c1-16(2)18-4-6-20(7-5-18)27-23(30)19-8-11-28(12-9-19)21-14-22(26-15-25-21)29-13-10-24-17(29)3/h4-7,10,13-16,19H,8-9,11-12H2,1-3H3,(H,27,30). The number of amides is 1. The largest absolute Gasteiger partial charge is 0.356 e. The van der Waals surface area contributed by atoms with Crippen molar-refractivity contribution in [2.75, 3.05) is 23.3 Å². The highest BCUT2D eigenvalue weighted by Crippen LogP contribution is 2.25. The molecular weight excluding hydrogens is 376 g/mol. The molecule has 1 aliphatic rings. The Balaban J connectivity index is 1.36. The van der Waals surface area contributed by atoms with Gasteiger partial charge in [-0.15, -0.1) is 0 Å². The first-order valence-corrected chi connectivity index (χ1v) is 10.5. The smallest absolute Gasteiger partial charge is 0.227 e. The summed E-state index contributed by atoms with van der Waals surface area (Å²) < 4.78 is 1.94. The highest BCUT2D eigenvalue weighted by molar-refractivity contribution is 5.92. The number of aryl methyl sites for hydroxylation is 1. The zero-order chi connectivity index (χ0) is 21.1. The molecule has 0 aliphatic carbocycles. The van der Waals surface area contributed by atoms with Gasteiger partial charge in [-0.25, -0.2) is 15.0 Å². The molecule has 1 saturated heterocycles. The Hall–Kier alpha value is -3.22. The molecule has 1 N–H and O–H groups in total. The lowest BCUT2D eigenvalue weighted by Crippen LogP contribution is -2.38. The summed E-state index contributed by atoms with van der Waals surface area (Å²) >= 11 is 0. The molecule has 7 heteroatoms. The van der Waals surface area contributed by atoms with Crippen molar-refractivity contribution in [1.29, 1.82) is 0 Å². The topological polar surface area (TPSA) is 75.9 Å². The number of nitrogens with one attached hydrogen (secondary N) is 1. The summed E-state index contributed by atoms with van der Waals surface area (Å²) in [6.45, 7) is 7.87. The zero-order valence-electron chi connectivity index (χ0n) is 17.7. The molecule has 1 amide bonds. The van der Waals surface area contributed by atoms with E-state index in [0.717, 1.165) is 49.1 Å². The molecule has 0 unspecified atom stereocenters. The number of nitrogens with zero attached hydrogens (tertiary/aromatic N) is 5. The van der Waals surface area contributed by atoms with Crippen LogP contribution in [0.4, 0.5) is 11.5 Å². The van der Waals surface area contributed by atoms with Crippen LogP contribution in [-0.2, 0) is 4.79 Å². The second-order valence-corrected chi connectivity index (χ2v) is 8.11. The molecule has 7 nitrogen and oxygen atoms in total. The molecular formula is C23H28N6O. The van der Waals surface area contributed by atoms with Crippen LogP contribution >= 0.6 is 0 Å². The van der Waals surface area contributed by atoms with Crippen molar-refractivity contribution in [3.63, 3.8) is 0 Å². The van der Waals surface area contributed by atoms with Crippen LogP contribution in [0.3, 0.4) is 0 Å². The molecule has 30 heavy (non-hydrogen) atoms. The van der Waals surface area contributed by atoms with Gasteiger partial charge in [0.15, 0.2) is 0 Å². The normalized spacial score (nSPS) is 14.9. The van der Waals surface area contributed by atoms with E-state index in [1.54, 1.807) is 12.5 Å². The van der Waals surface area contributed by atoms with Gasteiger partial charge in [0.05, 0.1) is 0 Å². The Morgan fingerprint density at radius 2 is 1.77 bits per heavy atom. The Morgan fingerprint density at radius 3 is 2.40 bits per heavy atom. The summed E-state index contributed by atoms with van der Waals surface area (Å²) in [7, 11) is 0. The number of hydrogen-bond donors (Lipinski definition) is 1. The van der Waals surface area contributed by atoms with E-state index in [-0.39, 0.29) is 11.8 Å². The average molecular weight is 405 g/mol. The summed E-state index contributed by atoms with van der Waals surface area (Å²) in [6.07, 6.45) is 6.85. The molecule has 1 aliphatic heterocycles. The second-order valence-electron chi connectivity index (χ2n) is 8.11. The summed E-state index contributed by atoms with van der Waals surface area (Å²) in [4.78, 5) is 28.0. The number of rotatable bonds is 5. The average Bonchev–Trinajstić information content (AvgIpc) is 3.20. The number of anilines is 2. The maximum atomic E-state index is 12.7. The maximum absolute atomic E-state index is 12.7. The van der Waals surface area contributed by atoms with Crippen molar-refractivity contribution in [3.05, 3.63) is 60.4 Å². The first kappa shape index (κ1) is 20.1. The van der Waals surface area contributed by atoms with E-state index in [1.165, 1.54) is 5.56 Å². The zero-order valence-corrected chi connectivity index (χ0v) is 17.7. The van der Waals surface area contributed by atoms with E-state index in [1.807, 2.05) is 35.9 Å². The Morgan fingerprint density at radius 1 is 1.07 bits per heavy atom. The van der Waals surface area contributed by atoms with Gasteiger partial charge in [0.25, 0.3) is 0 Å². The van der Waals surface area contributed by atoms with Crippen LogP contribution in [0.5, 0.6) is 0 Å². The minimum atomic E-state index is 0.0169. The number of carbonyl (C=O) groups is 1. The van der Waals surface area contributed by atoms with Gasteiger partial charge in [-0.05, 0) is 43.4 Å². The molecule has 1 aromatic carbocycles. The van der Waals surface area contributed by atoms with Gasteiger partial charge in [0.1, 0.15) is 23.8 Å². The molecule has 2 aromatic heterocycles. The molecule has 0 spiro atoms. The van der Waals surface area contributed by atoms with E-state index in [9.17, 15) is 4.79 Å². The highest BCUT2D eigenvalue weighted by atomic mass is 16.1. The molecule has 3 heterocycles. The SMILES string of the molecule is Cc1nccn1-c1cc(N2CCC(C(=O)Nc3ccc(C(C)C)cc3)CC2)ncn1. The van der Waals surface area contributed by atoms with Crippen LogP contribution in [0.1, 0.15) is 44.0 Å². The number of hydrogen-bond acceptors (Lipinski definition) is 5. The number of benzene rings is 1. The second kappa shape index (κ2) is 8.65. The van der Waals surface area contributed by atoms with Crippen molar-refractivity contribution in [2.24, 2.45) is 5.92 Å². The van der Waals surface area contributed by atoms with E-state index in [2.05, 4.69) is 51.1 Å². The molecule has 4 rings (SSSR count). The van der Waals surface area contributed by atoms with Crippen molar-refractivity contribution in [3.8, 4) is 5.82 Å². The quantitative estimate of drug-likeness (QED) is 0.697. The lowest BCUT2D eigenvalue weighted by molar-refractivity contribution is -0.120. The monoisotopic (exact) mass is 404 g/mol. The van der Waals surface area contributed by atoms with Crippen molar-refractivity contribution < 1.29 is 4.79 Å². The Kier molecular flexibility index (Phi) is 5.79. The van der Waals surface area contributed by atoms with Gasteiger partial charge in [-0.3, -0.25) is 9.36 Å². The first-order valence-electron chi connectivity index (χ1n) is 10.5. The van der Waals surface area contributed by atoms with Gasteiger partial charge in [0.2, 0.25) is 5.91 Å². The Bertz CT molecular complexity index is 1000. The molecule has 0 saturated carbocycles. The number of piperidine rings is 1. The van der Waals surface area contributed by atoms with Crippen LogP contribution < -0.4 is 10.2 Å². The van der Waals surface area contributed by atoms with E-state index in [4.69, 9.17) is 0 Å². The fourth-order valence-corrected chi connectivity index (χ4v) is 3.83. The minimum absolute atomic E-state index is 0.0169. The van der Waals surface area contributed by atoms with E-state index in [0.29, 0.717) is 5.92 Å². The van der Waals surface area contributed by atoms with E-state index >= 15 is 0 Å². The molecule has 1 fully saturated rings. The predicted octanol–water partition coefficient (Wildman–Crippen LogP) is 3.95. The number of carbonyl (C=O) groups excluding carboxylic acids is 1. The van der Waals surface area contributed by atoms with Crippen molar-refractivity contribution in [1.82, 2.24) is 19.5 Å². The fraction of sp³-hybridized carbons (Fsp3) is 0.391. The number of aromatic nitrogens is 4. The predicted molar refractivity (Wildman–Crippen MR) is 118 cm³/mol. The maximum Gasteiger partial charge on any atom is 0.227 e. The third-order valence-electron chi connectivity index (χ3n) is 5.75. The van der Waals surface area contributed by atoms with Crippen LogP contribution in [0.25, 0.3) is 5.82 Å². The van der Waals surface area contributed by atoms with Crippen molar-refractivity contribution >= 4 is 17.4 Å². The highest BCUT2D eigenvalue weighted by Gasteiger charge is 2.26. The summed E-state index contributed by atoms with van der Waals surface area (Å²) in [5.74, 6) is 3.18. The summed E-state index contributed by atoms with van der Waals surface area (Å²) in [5, 5.41) is 3.07. The first-order chi connectivity index (χ1) is 14.5. The number of imidazole rings is 1. The van der Waals surface area contributed by atoms with Gasteiger partial charge in [0, 0.05) is 43.2 Å². The lowest BCUT2D eigenvalue weighted by atomic mass is 9.95. The van der Waals surface area contributed by atoms with Crippen LogP contribution in [0.2, 0.25) is 0 Å². The van der Waals surface area contributed by atoms with Crippen LogP contribution in [-0.4, -0.2) is 38.5 Å². The van der Waals surface area contributed by atoms with Crippen LogP contribution in [0.15, 0.2) is 49.1 Å². The van der Waals surface area contributed by atoms with Gasteiger partial charge in [-0.2, -0.15) is 0 Å². The molecule has 156 valence electrons. The van der Waals surface area contributed by atoms with Crippen LogP contribution in [0, 0.1) is 12.8 Å². The molecule has 3 aromatic rings. The Labute approximate surface area is 177 Å². The minimum Gasteiger partial charge on any atom is -0.356 e. The van der Waals surface area contributed by atoms with Crippen molar-refractivity contribution in [2.45, 2.75) is 39.5 Å². The van der Waals surface area contributed by atoms with Gasteiger partial charge in [-0.1, -0.05) is 26.0 Å². The van der Waals surface area contributed by atoms with E-state index < -0.39 is 0 Å². The summed E-state index contributed by atoms with van der Waals surface area (Å²) in [6, 6.07) is 10.1. The molecule has 0 bridgehead atoms. The lowest BCUT2D eigenvalue weighted by Gasteiger charge is -2.32. The van der Waals surface area contributed by atoms with Gasteiger partial charge < -0.3 is 10.2 Å². The molecule has 0 atom stereocenters. The third-order valence-corrected chi connectivity index (χ3v) is 5.75. The van der Waals surface area contributed by atoms with Gasteiger partial charge >= 0.3 is 0 Å². The third kappa shape index (κ3) is 4.35. The molecule has 0 radical (unpaired) electrons.